The number of likely N-dealkylation sites (tertiary alicyclic amines) is 2. The van der Waals surface area contributed by atoms with Crippen LogP contribution in [0.4, 0.5) is 0 Å². The highest BCUT2D eigenvalue weighted by atomic mass is 16.5. The van der Waals surface area contributed by atoms with Crippen LogP contribution in [0.1, 0.15) is 43.5 Å². The topological polar surface area (TPSA) is 63.7 Å². The number of imidazole rings is 1. The molecule has 2 aliphatic rings. The van der Waals surface area contributed by atoms with Gasteiger partial charge in [-0.05, 0) is 26.3 Å². The third-order valence-corrected chi connectivity index (χ3v) is 6.28. The lowest BCUT2D eigenvalue weighted by molar-refractivity contribution is -0.136. The minimum atomic E-state index is -0.395. The summed E-state index contributed by atoms with van der Waals surface area (Å²) in [7, 11) is 1.68. The van der Waals surface area contributed by atoms with Gasteiger partial charge in [0, 0.05) is 63.6 Å². The van der Waals surface area contributed by atoms with E-state index in [-0.39, 0.29) is 11.8 Å². The van der Waals surface area contributed by atoms with Gasteiger partial charge in [-0.3, -0.25) is 9.69 Å². The minimum Gasteiger partial charge on any atom is -0.472 e. The SMILES string of the molecule is COCCN1CC[C@]2(CN(Cc3ccoc3)C[C@H]2c2cn(C(C)C)cn2)C1=O. The van der Waals surface area contributed by atoms with Gasteiger partial charge in [-0.1, -0.05) is 0 Å². The highest BCUT2D eigenvalue weighted by Gasteiger charge is 2.57. The lowest BCUT2D eigenvalue weighted by Crippen LogP contribution is -2.40. The van der Waals surface area contributed by atoms with Crippen LogP contribution in [0.2, 0.25) is 0 Å². The summed E-state index contributed by atoms with van der Waals surface area (Å²) < 4.78 is 12.6. The first kappa shape index (κ1) is 19.2. The molecule has 0 bridgehead atoms. The number of hydrogen-bond acceptors (Lipinski definition) is 5. The average Bonchev–Trinajstić information content (AvgIpc) is 3.44. The minimum absolute atomic E-state index is 0.111. The van der Waals surface area contributed by atoms with E-state index in [4.69, 9.17) is 14.1 Å². The Labute approximate surface area is 166 Å². The van der Waals surface area contributed by atoms with Gasteiger partial charge in [-0.15, -0.1) is 0 Å². The van der Waals surface area contributed by atoms with Gasteiger partial charge >= 0.3 is 0 Å². The second-order valence-electron chi connectivity index (χ2n) is 8.38. The van der Waals surface area contributed by atoms with Crippen molar-refractivity contribution < 1.29 is 13.9 Å². The van der Waals surface area contributed by atoms with Gasteiger partial charge in [-0.2, -0.15) is 0 Å². The number of carbonyl (C=O) groups is 1. The maximum Gasteiger partial charge on any atom is 0.230 e. The molecule has 152 valence electrons. The Bertz CT molecular complexity index is 800. The molecule has 1 spiro atoms. The zero-order valence-electron chi connectivity index (χ0n) is 17.0. The van der Waals surface area contributed by atoms with E-state index in [1.807, 2.05) is 17.3 Å². The number of amides is 1. The zero-order valence-corrected chi connectivity index (χ0v) is 17.0. The zero-order chi connectivity index (χ0) is 19.7. The third-order valence-electron chi connectivity index (χ3n) is 6.28. The Morgan fingerprint density at radius 1 is 1.43 bits per heavy atom. The van der Waals surface area contributed by atoms with E-state index >= 15 is 0 Å². The van der Waals surface area contributed by atoms with Crippen LogP contribution in [0.5, 0.6) is 0 Å². The van der Waals surface area contributed by atoms with Crippen LogP contribution in [0.25, 0.3) is 0 Å². The lowest BCUT2D eigenvalue weighted by Gasteiger charge is -2.28. The summed E-state index contributed by atoms with van der Waals surface area (Å²) >= 11 is 0. The maximum atomic E-state index is 13.5. The number of furan rings is 1. The van der Waals surface area contributed by atoms with Gasteiger partial charge in [0.2, 0.25) is 5.91 Å². The van der Waals surface area contributed by atoms with Crippen molar-refractivity contribution in [2.45, 2.75) is 38.8 Å². The molecular weight excluding hydrogens is 356 g/mol. The number of methoxy groups -OCH3 is 1. The first-order valence-corrected chi connectivity index (χ1v) is 10.1. The van der Waals surface area contributed by atoms with Gasteiger partial charge in [-0.25, -0.2) is 4.98 Å². The summed E-state index contributed by atoms with van der Waals surface area (Å²) in [6.07, 6.45) is 8.39. The molecule has 2 aromatic heterocycles. The second-order valence-corrected chi connectivity index (χ2v) is 8.38. The summed E-state index contributed by atoms with van der Waals surface area (Å²) in [6.45, 7) is 8.72. The summed E-state index contributed by atoms with van der Waals surface area (Å²) in [6, 6.07) is 2.35. The number of nitrogens with zero attached hydrogens (tertiary/aromatic N) is 4. The fourth-order valence-electron chi connectivity index (χ4n) is 4.70. The van der Waals surface area contributed by atoms with Gasteiger partial charge in [0.15, 0.2) is 0 Å². The van der Waals surface area contributed by atoms with E-state index < -0.39 is 5.41 Å². The van der Waals surface area contributed by atoms with Crippen molar-refractivity contribution in [3.05, 3.63) is 42.4 Å². The van der Waals surface area contributed by atoms with Gasteiger partial charge in [0.1, 0.15) is 0 Å². The third kappa shape index (κ3) is 3.37. The maximum absolute atomic E-state index is 13.5. The van der Waals surface area contributed by atoms with Crippen molar-refractivity contribution in [1.29, 1.82) is 0 Å². The van der Waals surface area contributed by atoms with E-state index in [0.717, 1.165) is 43.9 Å². The van der Waals surface area contributed by atoms with Crippen LogP contribution in [0.3, 0.4) is 0 Å². The standard InChI is InChI=1S/C21H30N4O3/c1-16(2)25-12-19(22-15-25)18-11-23(10-17-4-8-28-13-17)14-21(18)5-6-24(20(21)26)7-9-27-3/h4,8,12-13,15-16,18H,5-7,9-11,14H2,1-3H3/t18-,21+/m0/s1. The molecule has 2 atom stereocenters. The molecular formula is C21H30N4O3. The van der Waals surface area contributed by atoms with Crippen LogP contribution in [0.15, 0.2) is 35.5 Å². The Kier molecular flexibility index (Phi) is 5.29. The normalized spacial score (nSPS) is 25.6. The van der Waals surface area contributed by atoms with E-state index in [0.29, 0.717) is 19.2 Å². The molecule has 2 aromatic rings. The molecule has 2 aliphatic heterocycles. The second kappa shape index (κ2) is 7.72. The van der Waals surface area contributed by atoms with Crippen molar-refractivity contribution in [3.8, 4) is 0 Å². The molecule has 2 saturated heterocycles. The highest BCUT2D eigenvalue weighted by molar-refractivity contribution is 5.86. The summed E-state index contributed by atoms with van der Waals surface area (Å²) in [5.74, 6) is 0.364. The van der Waals surface area contributed by atoms with E-state index in [1.165, 1.54) is 0 Å². The van der Waals surface area contributed by atoms with Crippen LogP contribution in [-0.2, 0) is 16.1 Å². The molecule has 0 N–H and O–H groups in total. The predicted molar refractivity (Wildman–Crippen MR) is 105 cm³/mol. The Morgan fingerprint density at radius 2 is 2.29 bits per heavy atom. The van der Waals surface area contributed by atoms with Gasteiger partial charge < -0.3 is 18.6 Å². The fourth-order valence-corrected chi connectivity index (χ4v) is 4.70. The van der Waals surface area contributed by atoms with Crippen LogP contribution in [-0.4, -0.2) is 65.2 Å². The van der Waals surface area contributed by atoms with Crippen molar-refractivity contribution >= 4 is 5.91 Å². The monoisotopic (exact) mass is 386 g/mol. The summed E-state index contributed by atoms with van der Waals surface area (Å²) in [5, 5.41) is 0. The number of aromatic nitrogens is 2. The molecule has 28 heavy (non-hydrogen) atoms. The van der Waals surface area contributed by atoms with Crippen molar-refractivity contribution in [2.24, 2.45) is 5.41 Å². The molecule has 1 amide bonds. The van der Waals surface area contributed by atoms with Crippen LogP contribution in [0, 0.1) is 5.41 Å². The molecule has 0 radical (unpaired) electrons. The molecule has 7 heteroatoms. The number of carbonyl (C=O) groups excluding carboxylic acids is 1. The predicted octanol–water partition coefficient (Wildman–Crippen LogP) is 2.52. The van der Waals surface area contributed by atoms with Crippen molar-refractivity contribution in [3.63, 3.8) is 0 Å². The fraction of sp³-hybridized carbons (Fsp3) is 0.619. The lowest BCUT2D eigenvalue weighted by atomic mass is 9.75. The molecule has 0 unspecified atom stereocenters. The Balaban J connectivity index is 1.61. The quantitative estimate of drug-likeness (QED) is 0.732. The van der Waals surface area contributed by atoms with Crippen molar-refractivity contribution in [2.75, 3.05) is 39.9 Å². The molecule has 7 nitrogen and oxygen atoms in total. The first-order chi connectivity index (χ1) is 13.5. The highest BCUT2D eigenvalue weighted by Crippen LogP contribution is 2.49. The van der Waals surface area contributed by atoms with E-state index in [2.05, 4.69) is 29.5 Å². The van der Waals surface area contributed by atoms with Gasteiger partial charge in [0.05, 0.1) is 36.6 Å². The van der Waals surface area contributed by atoms with E-state index in [9.17, 15) is 4.79 Å². The number of rotatable bonds is 7. The summed E-state index contributed by atoms with van der Waals surface area (Å²) in [4.78, 5) is 22.6. The number of hydrogen-bond donors (Lipinski definition) is 0. The number of ether oxygens (including phenoxy) is 1. The van der Waals surface area contributed by atoms with Gasteiger partial charge in [0.25, 0.3) is 0 Å². The van der Waals surface area contributed by atoms with Crippen LogP contribution < -0.4 is 0 Å². The largest absolute Gasteiger partial charge is 0.472 e. The van der Waals surface area contributed by atoms with Crippen molar-refractivity contribution in [1.82, 2.24) is 19.4 Å². The molecule has 0 saturated carbocycles. The smallest absolute Gasteiger partial charge is 0.230 e. The Hall–Kier alpha value is -2.12. The van der Waals surface area contributed by atoms with Crippen LogP contribution >= 0.6 is 0 Å². The average molecular weight is 386 g/mol. The molecule has 4 rings (SSSR count). The first-order valence-electron chi connectivity index (χ1n) is 10.1. The molecule has 0 aliphatic carbocycles. The van der Waals surface area contributed by atoms with E-state index in [1.54, 1.807) is 19.6 Å². The summed E-state index contributed by atoms with van der Waals surface area (Å²) in [5.41, 5.74) is 1.78. The Morgan fingerprint density at radius 3 is 2.96 bits per heavy atom. The molecule has 4 heterocycles. The molecule has 2 fully saturated rings. The molecule has 0 aromatic carbocycles.